The van der Waals surface area contributed by atoms with Crippen LogP contribution in [0, 0.1) is 0 Å². The molecule has 34 heavy (non-hydrogen) atoms. The van der Waals surface area contributed by atoms with Crippen molar-refractivity contribution in [3.8, 4) is 5.75 Å². The summed E-state index contributed by atoms with van der Waals surface area (Å²) in [5.41, 5.74) is 2.88. The highest BCUT2D eigenvalue weighted by atomic mass is 79.9. The van der Waals surface area contributed by atoms with Gasteiger partial charge in [0.2, 0.25) is 5.91 Å². The van der Waals surface area contributed by atoms with Gasteiger partial charge in [0.1, 0.15) is 17.9 Å². The Morgan fingerprint density at radius 2 is 1.88 bits per heavy atom. The minimum Gasteiger partial charge on any atom is -0.494 e. The van der Waals surface area contributed by atoms with Crippen LogP contribution in [0.4, 0.5) is 5.82 Å². The molecule has 1 amide bonds. The second kappa shape index (κ2) is 12.6. The number of nitrogens with one attached hydrogen (secondary N) is 1. The van der Waals surface area contributed by atoms with E-state index in [1.54, 1.807) is 0 Å². The van der Waals surface area contributed by atoms with Crippen molar-refractivity contribution >= 4 is 27.7 Å². The number of amides is 1. The SMILES string of the molecule is O=C(Cc1ccccc1Br)Nc1cc(Cc2ccc(OCCCN3CCOCC3)cc2)ncn1. The highest BCUT2D eigenvalue weighted by Crippen LogP contribution is 2.18. The second-order valence-corrected chi connectivity index (χ2v) is 9.04. The third-order valence-electron chi connectivity index (χ3n) is 5.60. The summed E-state index contributed by atoms with van der Waals surface area (Å²) >= 11 is 3.48. The van der Waals surface area contributed by atoms with E-state index in [0.29, 0.717) is 18.8 Å². The molecule has 1 fully saturated rings. The smallest absolute Gasteiger partial charge is 0.229 e. The number of anilines is 1. The van der Waals surface area contributed by atoms with E-state index in [0.717, 1.165) is 66.3 Å². The van der Waals surface area contributed by atoms with E-state index in [4.69, 9.17) is 9.47 Å². The van der Waals surface area contributed by atoms with Crippen LogP contribution < -0.4 is 10.1 Å². The lowest BCUT2D eigenvalue weighted by molar-refractivity contribution is -0.115. The average Bonchev–Trinajstić information content (AvgIpc) is 2.85. The van der Waals surface area contributed by atoms with Gasteiger partial charge in [-0.15, -0.1) is 0 Å². The Hall–Kier alpha value is -2.81. The van der Waals surface area contributed by atoms with Crippen molar-refractivity contribution < 1.29 is 14.3 Å². The molecular weight excluding hydrogens is 496 g/mol. The van der Waals surface area contributed by atoms with E-state index >= 15 is 0 Å². The monoisotopic (exact) mass is 524 g/mol. The van der Waals surface area contributed by atoms with Gasteiger partial charge < -0.3 is 14.8 Å². The quantitative estimate of drug-likeness (QED) is 0.402. The Morgan fingerprint density at radius 3 is 2.68 bits per heavy atom. The number of aromatic nitrogens is 2. The predicted octanol–water partition coefficient (Wildman–Crippen LogP) is 4.11. The van der Waals surface area contributed by atoms with Crippen molar-refractivity contribution in [3.05, 3.63) is 82.2 Å². The summed E-state index contributed by atoms with van der Waals surface area (Å²) < 4.78 is 12.2. The molecule has 8 heteroatoms. The summed E-state index contributed by atoms with van der Waals surface area (Å²) in [6, 6.07) is 17.6. The minimum atomic E-state index is -0.119. The third kappa shape index (κ3) is 7.62. The molecule has 0 radical (unpaired) electrons. The standard InChI is InChI=1S/C26H29BrN4O3/c27-24-5-2-1-4-21(24)17-26(32)30-25-18-22(28-19-29-25)16-20-6-8-23(9-7-20)34-13-3-10-31-11-14-33-15-12-31/h1-2,4-9,18-19H,3,10-17H2,(H,28,29,30,32). The van der Waals surface area contributed by atoms with Gasteiger partial charge in [-0.2, -0.15) is 0 Å². The first kappa shape index (κ1) is 24.3. The number of carbonyl (C=O) groups is 1. The van der Waals surface area contributed by atoms with Gasteiger partial charge in [0.15, 0.2) is 0 Å². The molecule has 2 aromatic carbocycles. The predicted molar refractivity (Wildman–Crippen MR) is 135 cm³/mol. The van der Waals surface area contributed by atoms with Crippen LogP contribution in [0.3, 0.4) is 0 Å². The first-order valence-electron chi connectivity index (χ1n) is 11.5. The topological polar surface area (TPSA) is 76.6 Å². The fourth-order valence-corrected chi connectivity index (χ4v) is 4.20. The Bertz CT molecular complexity index is 1070. The number of hydrogen-bond acceptors (Lipinski definition) is 6. The van der Waals surface area contributed by atoms with Crippen molar-refractivity contribution in [2.75, 3.05) is 44.8 Å². The number of nitrogens with zero attached hydrogens (tertiary/aromatic N) is 3. The van der Waals surface area contributed by atoms with E-state index in [1.165, 1.54) is 6.33 Å². The van der Waals surface area contributed by atoms with Crippen LogP contribution in [-0.4, -0.2) is 60.2 Å². The van der Waals surface area contributed by atoms with Gasteiger partial charge in [-0.1, -0.05) is 46.3 Å². The molecule has 0 saturated carbocycles. The van der Waals surface area contributed by atoms with Crippen LogP contribution in [-0.2, 0) is 22.4 Å². The molecule has 0 aliphatic carbocycles. The molecule has 4 rings (SSSR count). The molecule has 0 bridgehead atoms. The first-order valence-corrected chi connectivity index (χ1v) is 12.3. The highest BCUT2D eigenvalue weighted by Gasteiger charge is 2.10. The average molecular weight is 525 g/mol. The van der Waals surface area contributed by atoms with Crippen LogP contribution in [0.25, 0.3) is 0 Å². The number of carbonyl (C=O) groups excluding carboxylic acids is 1. The number of rotatable bonds is 10. The summed E-state index contributed by atoms with van der Waals surface area (Å²) in [5.74, 6) is 1.25. The summed E-state index contributed by atoms with van der Waals surface area (Å²) in [7, 11) is 0. The zero-order valence-corrected chi connectivity index (χ0v) is 20.7. The summed E-state index contributed by atoms with van der Waals surface area (Å²) in [6.07, 6.45) is 3.40. The molecule has 0 unspecified atom stereocenters. The van der Waals surface area contributed by atoms with Gasteiger partial charge in [-0.3, -0.25) is 9.69 Å². The van der Waals surface area contributed by atoms with Crippen LogP contribution in [0.15, 0.2) is 65.4 Å². The minimum absolute atomic E-state index is 0.119. The Kier molecular flexibility index (Phi) is 9.01. The lowest BCUT2D eigenvalue weighted by Crippen LogP contribution is -2.37. The maximum absolute atomic E-state index is 12.4. The van der Waals surface area contributed by atoms with Crippen molar-refractivity contribution in [2.45, 2.75) is 19.3 Å². The van der Waals surface area contributed by atoms with Crippen LogP contribution >= 0.6 is 15.9 Å². The largest absolute Gasteiger partial charge is 0.494 e. The summed E-state index contributed by atoms with van der Waals surface area (Å²) in [6.45, 7) is 5.41. The Balaban J connectivity index is 1.23. The van der Waals surface area contributed by atoms with Gasteiger partial charge in [0.25, 0.3) is 0 Å². The van der Waals surface area contributed by atoms with Gasteiger partial charge in [0, 0.05) is 36.6 Å². The molecule has 1 saturated heterocycles. The Morgan fingerprint density at radius 1 is 1.09 bits per heavy atom. The fourth-order valence-electron chi connectivity index (χ4n) is 3.78. The molecule has 1 aliphatic heterocycles. The number of morpholine rings is 1. The van der Waals surface area contributed by atoms with E-state index in [9.17, 15) is 4.79 Å². The lowest BCUT2D eigenvalue weighted by atomic mass is 10.1. The number of ether oxygens (including phenoxy) is 2. The lowest BCUT2D eigenvalue weighted by Gasteiger charge is -2.26. The normalized spacial score (nSPS) is 14.0. The van der Waals surface area contributed by atoms with Gasteiger partial charge in [-0.05, 0) is 35.7 Å². The van der Waals surface area contributed by atoms with Crippen molar-refractivity contribution in [2.24, 2.45) is 0 Å². The van der Waals surface area contributed by atoms with Gasteiger partial charge in [-0.25, -0.2) is 9.97 Å². The van der Waals surface area contributed by atoms with Crippen molar-refractivity contribution in [1.82, 2.24) is 14.9 Å². The van der Waals surface area contributed by atoms with E-state index < -0.39 is 0 Å². The zero-order chi connectivity index (χ0) is 23.6. The molecule has 2 heterocycles. The highest BCUT2D eigenvalue weighted by molar-refractivity contribution is 9.10. The molecular formula is C26H29BrN4O3. The Labute approximate surface area is 208 Å². The molecule has 0 spiro atoms. The molecule has 7 nitrogen and oxygen atoms in total. The number of halogens is 1. The van der Waals surface area contributed by atoms with Crippen molar-refractivity contribution in [1.29, 1.82) is 0 Å². The van der Waals surface area contributed by atoms with Gasteiger partial charge in [0.05, 0.1) is 31.9 Å². The molecule has 0 atom stereocenters. The van der Waals surface area contributed by atoms with Crippen LogP contribution in [0.5, 0.6) is 5.75 Å². The molecule has 1 N–H and O–H groups in total. The third-order valence-corrected chi connectivity index (χ3v) is 6.37. The van der Waals surface area contributed by atoms with Crippen molar-refractivity contribution in [3.63, 3.8) is 0 Å². The van der Waals surface area contributed by atoms with E-state index in [2.05, 4.69) is 36.1 Å². The molecule has 1 aliphatic rings. The number of hydrogen-bond donors (Lipinski definition) is 1. The first-order chi connectivity index (χ1) is 16.7. The van der Waals surface area contributed by atoms with E-state index in [-0.39, 0.29) is 12.3 Å². The molecule has 178 valence electrons. The maximum atomic E-state index is 12.4. The maximum Gasteiger partial charge on any atom is 0.229 e. The van der Waals surface area contributed by atoms with Crippen LogP contribution in [0.1, 0.15) is 23.2 Å². The summed E-state index contributed by atoms with van der Waals surface area (Å²) in [5, 5.41) is 2.86. The summed E-state index contributed by atoms with van der Waals surface area (Å²) in [4.78, 5) is 23.4. The van der Waals surface area contributed by atoms with Gasteiger partial charge >= 0.3 is 0 Å². The second-order valence-electron chi connectivity index (χ2n) is 8.19. The number of benzene rings is 2. The molecule has 1 aromatic heterocycles. The molecule has 3 aromatic rings. The zero-order valence-electron chi connectivity index (χ0n) is 19.1. The van der Waals surface area contributed by atoms with E-state index in [1.807, 2.05) is 54.6 Å². The fraction of sp³-hybridized carbons (Fsp3) is 0.346. The van der Waals surface area contributed by atoms with Crippen LogP contribution in [0.2, 0.25) is 0 Å².